The Kier molecular flexibility index (Phi) is 4.71. The van der Waals surface area contributed by atoms with Crippen molar-refractivity contribution in [1.29, 1.82) is 0 Å². The predicted molar refractivity (Wildman–Crippen MR) is 93.7 cm³/mol. The fraction of sp³-hybridized carbons (Fsp3) is 0.333. The summed E-state index contributed by atoms with van der Waals surface area (Å²) in [7, 11) is 0. The third kappa shape index (κ3) is 3.42. The van der Waals surface area contributed by atoms with E-state index in [0.717, 1.165) is 35.9 Å². The van der Waals surface area contributed by atoms with Gasteiger partial charge in [-0.05, 0) is 44.0 Å². The quantitative estimate of drug-likeness (QED) is 0.521. The van der Waals surface area contributed by atoms with Crippen molar-refractivity contribution in [3.63, 3.8) is 0 Å². The summed E-state index contributed by atoms with van der Waals surface area (Å²) in [6.07, 6.45) is 3.37. The zero-order valence-electron chi connectivity index (χ0n) is 14.1. The second-order valence-electron chi connectivity index (χ2n) is 6.13. The minimum Gasteiger partial charge on any atom is -0.466 e. The van der Waals surface area contributed by atoms with Crippen LogP contribution < -0.4 is 0 Å². The van der Waals surface area contributed by atoms with E-state index in [-0.39, 0.29) is 5.92 Å². The second-order valence-corrected chi connectivity index (χ2v) is 6.13. The highest BCUT2D eigenvalue weighted by Crippen LogP contribution is 2.36. The van der Waals surface area contributed by atoms with Crippen LogP contribution in [0.25, 0.3) is 11.1 Å². The van der Waals surface area contributed by atoms with Gasteiger partial charge in [-0.1, -0.05) is 50.1 Å². The van der Waals surface area contributed by atoms with Gasteiger partial charge in [0.1, 0.15) is 23.0 Å². The molecule has 0 amide bonds. The highest BCUT2D eigenvalue weighted by molar-refractivity contribution is 5.66. The Bertz CT molecular complexity index is 749. The van der Waals surface area contributed by atoms with Gasteiger partial charge in [0.25, 0.3) is 0 Å². The molecular weight excluding hydrogens is 284 g/mol. The molecule has 1 atom stereocenters. The summed E-state index contributed by atoms with van der Waals surface area (Å²) in [4.78, 5) is 0. The van der Waals surface area contributed by atoms with E-state index in [1.165, 1.54) is 17.5 Å². The van der Waals surface area contributed by atoms with E-state index in [4.69, 9.17) is 8.83 Å². The Hall–Kier alpha value is -2.22. The first-order valence-electron chi connectivity index (χ1n) is 8.41. The van der Waals surface area contributed by atoms with Gasteiger partial charge in [0.05, 0.1) is 5.92 Å². The third-order valence-electron chi connectivity index (χ3n) is 4.32. The maximum absolute atomic E-state index is 6.13. The Morgan fingerprint density at radius 3 is 2.35 bits per heavy atom. The molecule has 2 nitrogen and oxygen atoms in total. The van der Waals surface area contributed by atoms with Crippen LogP contribution in [0, 0.1) is 13.8 Å². The van der Waals surface area contributed by atoms with Gasteiger partial charge in [-0.25, -0.2) is 0 Å². The minimum atomic E-state index is 0.194. The van der Waals surface area contributed by atoms with Crippen molar-refractivity contribution in [3.8, 4) is 11.1 Å². The largest absolute Gasteiger partial charge is 0.466 e. The van der Waals surface area contributed by atoms with Gasteiger partial charge in [-0.2, -0.15) is 0 Å². The Balaban J connectivity index is 1.97. The minimum absolute atomic E-state index is 0.194. The van der Waals surface area contributed by atoms with Gasteiger partial charge < -0.3 is 8.83 Å². The van der Waals surface area contributed by atoms with Crippen LogP contribution in [0.15, 0.2) is 57.4 Å². The first kappa shape index (κ1) is 15.7. The van der Waals surface area contributed by atoms with Gasteiger partial charge in [0, 0.05) is 5.56 Å². The number of hydrogen-bond donors (Lipinski definition) is 0. The zero-order valence-corrected chi connectivity index (χ0v) is 14.1. The molecule has 120 valence electrons. The molecule has 2 heteroatoms. The van der Waals surface area contributed by atoms with Crippen LogP contribution in [0.2, 0.25) is 0 Å². The summed E-state index contributed by atoms with van der Waals surface area (Å²) in [6, 6.07) is 16.7. The van der Waals surface area contributed by atoms with Gasteiger partial charge >= 0.3 is 0 Å². The summed E-state index contributed by atoms with van der Waals surface area (Å²) >= 11 is 0. The molecule has 0 bridgehead atoms. The lowest BCUT2D eigenvalue weighted by Gasteiger charge is -2.11. The summed E-state index contributed by atoms with van der Waals surface area (Å²) in [5.74, 6) is 4.12. The van der Waals surface area contributed by atoms with E-state index in [1.54, 1.807) is 0 Å². The van der Waals surface area contributed by atoms with Crippen molar-refractivity contribution < 1.29 is 8.83 Å². The first-order valence-corrected chi connectivity index (χ1v) is 8.41. The number of rotatable bonds is 6. The molecule has 2 aromatic heterocycles. The second kappa shape index (κ2) is 6.91. The molecule has 0 aliphatic heterocycles. The molecule has 0 radical (unpaired) electrons. The predicted octanol–water partition coefficient (Wildman–Crippen LogP) is 6.48. The van der Waals surface area contributed by atoms with Crippen LogP contribution in [-0.4, -0.2) is 0 Å². The molecule has 3 aromatic rings. The molecule has 1 aromatic carbocycles. The molecule has 3 rings (SSSR count). The number of furan rings is 2. The average Bonchev–Trinajstić information content (AvgIpc) is 3.15. The zero-order chi connectivity index (χ0) is 16.2. The molecule has 0 fully saturated rings. The highest BCUT2D eigenvalue weighted by atomic mass is 16.4. The van der Waals surface area contributed by atoms with Gasteiger partial charge in [0.15, 0.2) is 0 Å². The summed E-state index contributed by atoms with van der Waals surface area (Å²) < 4.78 is 12.0. The van der Waals surface area contributed by atoms with Gasteiger partial charge in [0.2, 0.25) is 0 Å². The fourth-order valence-corrected chi connectivity index (χ4v) is 3.05. The standard InChI is InChI=1S/C21H24O2/c1-4-5-11-18(20-13-12-15(2)22-20)21-14-19(16(3)23-21)17-9-7-6-8-10-17/h6-10,12-14,18H,4-5,11H2,1-3H3. The summed E-state index contributed by atoms with van der Waals surface area (Å²) in [5.41, 5.74) is 2.37. The average molecular weight is 308 g/mol. The Morgan fingerprint density at radius 2 is 1.70 bits per heavy atom. The van der Waals surface area contributed by atoms with Crippen molar-refractivity contribution in [2.45, 2.75) is 46.0 Å². The van der Waals surface area contributed by atoms with Crippen molar-refractivity contribution in [3.05, 3.63) is 71.6 Å². The monoisotopic (exact) mass is 308 g/mol. The number of aryl methyl sites for hydroxylation is 2. The van der Waals surface area contributed by atoms with E-state index in [2.05, 4.69) is 43.3 Å². The smallest absolute Gasteiger partial charge is 0.115 e. The van der Waals surface area contributed by atoms with Gasteiger partial charge in [-0.15, -0.1) is 0 Å². The molecule has 1 unspecified atom stereocenters. The molecule has 0 aliphatic carbocycles. The van der Waals surface area contributed by atoms with Crippen molar-refractivity contribution >= 4 is 0 Å². The van der Waals surface area contributed by atoms with Crippen LogP contribution in [0.4, 0.5) is 0 Å². The normalized spacial score (nSPS) is 12.5. The maximum Gasteiger partial charge on any atom is 0.115 e. The third-order valence-corrected chi connectivity index (χ3v) is 4.32. The number of unbranched alkanes of at least 4 members (excludes halogenated alkanes) is 1. The molecule has 0 spiro atoms. The van der Waals surface area contributed by atoms with E-state index < -0.39 is 0 Å². The van der Waals surface area contributed by atoms with Crippen LogP contribution in [0.3, 0.4) is 0 Å². The number of benzene rings is 1. The molecule has 23 heavy (non-hydrogen) atoms. The molecule has 2 heterocycles. The lowest BCUT2D eigenvalue weighted by atomic mass is 9.95. The van der Waals surface area contributed by atoms with Crippen LogP contribution >= 0.6 is 0 Å². The van der Waals surface area contributed by atoms with E-state index in [0.29, 0.717) is 0 Å². The van der Waals surface area contributed by atoms with E-state index >= 15 is 0 Å². The van der Waals surface area contributed by atoms with Crippen molar-refractivity contribution in [2.75, 3.05) is 0 Å². The molecular formula is C21H24O2. The highest BCUT2D eigenvalue weighted by Gasteiger charge is 2.22. The maximum atomic E-state index is 6.13. The topological polar surface area (TPSA) is 26.3 Å². The Labute approximate surface area is 138 Å². The van der Waals surface area contributed by atoms with Crippen LogP contribution in [-0.2, 0) is 0 Å². The number of hydrogen-bond acceptors (Lipinski definition) is 2. The van der Waals surface area contributed by atoms with Crippen molar-refractivity contribution in [2.24, 2.45) is 0 Å². The summed E-state index contributed by atoms with van der Waals surface area (Å²) in [5, 5.41) is 0. The lowest BCUT2D eigenvalue weighted by molar-refractivity contribution is 0.393. The molecule has 0 N–H and O–H groups in total. The van der Waals surface area contributed by atoms with E-state index in [9.17, 15) is 0 Å². The molecule has 0 saturated carbocycles. The molecule has 0 saturated heterocycles. The lowest BCUT2D eigenvalue weighted by Crippen LogP contribution is -1.98. The van der Waals surface area contributed by atoms with E-state index in [1.807, 2.05) is 26.0 Å². The van der Waals surface area contributed by atoms with Gasteiger partial charge in [-0.3, -0.25) is 0 Å². The van der Waals surface area contributed by atoms with Crippen LogP contribution in [0.1, 0.15) is 55.1 Å². The van der Waals surface area contributed by atoms with Crippen LogP contribution in [0.5, 0.6) is 0 Å². The molecule has 0 aliphatic rings. The summed E-state index contributed by atoms with van der Waals surface area (Å²) in [6.45, 7) is 6.24. The fourth-order valence-electron chi connectivity index (χ4n) is 3.05. The first-order chi connectivity index (χ1) is 11.2. The SMILES string of the molecule is CCCCC(c1ccc(C)o1)c1cc(-c2ccccc2)c(C)o1. The van der Waals surface area contributed by atoms with Crippen molar-refractivity contribution in [1.82, 2.24) is 0 Å². The Morgan fingerprint density at radius 1 is 0.913 bits per heavy atom.